The van der Waals surface area contributed by atoms with Gasteiger partial charge in [-0.15, -0.1) is 30.2 Å². The molecule has 0 aliphatic carbocycles. The van der Waals surface area contributed by atoms with Gasteiger partial charge < -0.3 is 14.9 Å². The van der Waals surface area contributed by atoms with Crippen LogP contribution in [0.5, 0.6) is 5.75 Å². The minimum Gasteiger partial charge on any atom is -0.481 e. The summed E-state index contributed by atoms with van der Waals surface area (Å²) in [6.45, 7) is 2.38. The third-order valence-corrected chi connectivity index (χ3v) is 5.76. The maximum Gasteiger partial charge on any atom is 0.161 e. The van der Waals surface area contributed by atoms with Crippen LogP contribution in [0.1, 0.15) is 47.5 Å². The number of piperidine rings is 1. The Balaban J connectivity index is 0.00000210. The lowest BCUT2D eigenvalue weighted by Crippen LogP contribution is -2.26. The van der Waals surface area contributed by atoms with Gasteiger partial charge in [-0.1, -0.05) is 29.3 Å². The Morgan fingerprint density at radius 1 is 1.30 bits per heavy atom. The Morgan fingerprint density at radius 3 is 2.93 bits per heavy atom. The van der Waals surface area contributed by atoms with Crippen LogP contribution >= 0.6 is 23.7 Å². The number of nitrogens with one attached hydrogen (secondary N) is 1. The highest BCUT2D eigenvalue weighted by molar-refractivity contribution is 7.10. The number of terminal acetylenes is 1. The molecule has 4 rings (SSSR count). The molecule has 1 aromatic carbocycles. The average Bonchev–Trinajstić information content (AvgIpc) is 3.37. The first-order chi connectivity index (χ1) is 12.8. The summed E-state index contributed by atoms with van der Waals surface area (Å²) in [6.07, 6.45) is 8.13. The predicted molar refractivity (Wildman–Crippen MR) is 110 cm³/mol. The van der Waals surface area contributed by atoms with Crippen LogP contribution in [0.3, 0.4) is 0 Å². The minimum absolute atomic E-state index is 0. The Kier molecular flexibility index (Phi) is 6.73. The maximum atomic E-state index is 5.69. The summed E-state index contributed by atoms with van der Waals surface area (Å²) in [5, 5.41) is 11.0. The molecular weight excluding hydrogens is 382 g/mol. The van der Waals surface area contributed by atoms with E-state index in [0.717, 1.165) is 48.6 Å². The van der Waals surface area contributed by atoms with E-state index in [1.54, 1.807) is 11.3 Å². The zero-order valence-corrected chi connectivity index (χ0v) is 16.5. The van der Waals surface area contributed by atoms with E-state index >= 15 is 0 Å². The molecule has 1 atom stereocenters. The second kappa shape index (κ2) is 9.23. The second-order valence-corrected chi connectivity index (χ2v) is 7.35. The zero-order valence-electron chi connectivity index (χ0n) is 14.9. The molecule has 0 saturated carbocycles. The van der Waals surface area contributed by atoms with Crippen LogP contribution in [0, 0.1) is 12.3 Å². The molecule has 1 aromatic heterocycles. The molecule has 0 radical (unpaired) electrons. The van der Waals surface area contributed by atoms with Crippen LogP contribution in [0.25, 0.3) is 0 Å². The predicted octanol–water partition coefficient (Wildman–Crippen LogP) is 3.91. The Morgan fingerprint density at radius 2 is 2.11 bits per heavy atom. The van der Waals surface area contributed by atoms with Crippen LogP contribution in [-0.4, -0.2) is 30.4 Å². The lowest BCUT2D eigenvalue weighted by molar-refractivity contribution is 0.0834. The van der Waals surface area contributed by atoms with Crippen LogP contribution in [-0.2, 0) is 4.84 Å². The molecule has 7 heteroatoms. The van der Waals surface area contributed by atoms with Gasteiger partial charge in [0, 0.05) is 23.3 Å². The molecule has 27 heavy (non-hydrogen) atoms. The van der Waals surface area contributed by atoms with Crippen molar-refractivity contribution in [3.8, 4) is 18.1 Å². The van der Waals surface area contributed by atoms with Gasteiger partial charge in [-0.3, -0.25) is 0 Å². The number of thiazole rings is 1. The van der Waals surface area contributed by atoms with Gasteiger partial charge in [0.05, 0.1) is 10.7 Å². The Labute approximate surface area is 169 Å². The van der Waals surface area contributed by atoms with Crippen LogP contribution in [0.4, 0.5) is 0 Å². The molecular formula is C20H22ClN3O2S. The molecule has 0 spiro atoms. The number of oxime groups is 1. The van der Waals surface area contributed by atoms with Gasteiger partial charge in [-0.05, 0) is 32.0 Å². The van der Waals surface area contributed by atoms with Crippen molar-refractivity contribution in [2.24, 2.45) is 5.16 Å². The smallest absolute Gasteiger partial charge is 0.161 e. The third kappa shape index (κ3) is 4.44. The number of rotatable bonds is 5. The summed E-state index contributed by atoms with van der Waals surface area (Å²) in [7, 11) is 0. The fourth-order valence-electron chi connectivity index (χ4n) is 3.37. The van der Waals surface area contributed by atoms with E-state index in [9.17, 15) is 0 Å². The first-order valence-electron chi connectivity index (χ1n) is 8.89. The van der Waals surface area contributed by atoms with E-state index in [2.05, 4.69) is 21.8 Å². The average molecular weight is 404 g/mol. The molecule has 1 unspecified atom stereocenters. The number of nitrogens with zero attached hydrogens (tertiary/aromatic N) is 2. The second-order valence-electron chi connectivity index (χ2n) is 6.46. The van der Waals surface area contributed by atoms with Crippen molar-refractivity contribution < 1.29 is 9.57 Å². The van der Waals surface area contributed by atoms with E-state index in [1.807, 2.05) is 24.3 Å². The van der Waals surface area contributed by atoms with Crippen molar-refractivity contribution in [3.05, 3.63) is 45.9 Å². The Hall–Kier alpha value is -2.07. The first kappa shape index (κ1) is 19.7. The molecule has 3 heterocycles. The van der Waals surface area contributed by atoms with E-state index in [0.29, 0.717) is 12.3 Å². The summed E-state index contributed by atoms with van der Waals surface area (Å²) in [6, 6.07) is 7.80. The molecule has 1 N–H and O–H groups in total. The summed E-state index contributed by atoms with van der Waals surface area (Å²) in [5.41, 5.74) is 2.81. The van der Waals surface area contributed by atoms with Gasteiger partial charge in [0.2, 0.25) is 0 Å². The van der Waals surface area contributed by atoms with Gasteiger partial charge in [0.15, 0.2) is 6.10 Å². The minimum atomic E-state index is -0.164. The molecule has 1 saturated heterocycles. The van der Waals surface area contributed by atoms with Gasteiger partial charge >= 0.3 is 0 Å². The summed E-state index contributed by atoms with van der Waals surface area (Å²) >= 11 is 1.73. The number of para-hydroxylation sites is 1. The molecule has 142 valence electrons. The van der Waals surface area contributed by atoms with Crippen LogP contribution in [0.15, 0.2) is 34.8 Å². The van der Waals surface area contributed by atoms with Gasteiger partial charge in [0.1, 0.15) is 18.1 Å². The number of halogens is 1. The molecule has 2 aliphatic rings. The highest BCUT2D eigenvalue weighted by atomic mass is 35.5. The monoisotopic (exact) mass is 403 g/mol. The normalized spacial score (nSPS) is 19.5. The maximum absolute atomic E-state index is 5.69. The largest absolute Gasteiger partial charge is 0.481 e. The summed E-state index contributed by atoms with van der Waals surface area (Å²) in [4.78, 5) is 10.5. The molecule has 1 fully saturated rings. The van der Waals surface area contributed by atoms with Gasteiger partial charge in [0.25, 0.3) is 0 Å². The standard InChI is InChI=1S/C20H21N3O2S.ClH/c1-2-11-24-18-6-4-3-5-15(18)19-12-16(23-25-19)17-13-26-20(22-17)14-7-9-21-10-8-14;/h1,3-6,13-14,19,21H,7-12H2;1H. The Bertz CT molecular complexity index is 840. The number of ether oxygens (including phenoxy) is 1. The van der Waals surface area contributed by atoms with Crippen molar-refractivity contribution in [1.82, 2.24) is 10.3 Å². The van der Waals surface area contributed by atoms with Crippen molar-refractivity contribution in [1.29, 1.82) is 0 Å². The zero-order chi connectivity index (χ0) is 17.8. The topological polar surface area (TPSA) is 55.7 Å². The van der Waals surface area contributed by atoms with Gasteiger partial charge in [-0.2, -0.15) is 0 Å². The molecule has 5 nitrogen and oxygen atoms in total. The van der Waals surface area contributed by atoms with E-state index in [1.165, 1.54) is 5.01 Å². The van der Waals surface area contributed by atoms with Crippen molar-refractivity contribution in [2.45, 2.75) is 31.3 Å². The highest BCUT2D eigenvalue weighted by Gasteiger charge is 2.28. The molecule has 0 bridgehead atoms. The number of hydrogen-bond acceptors (Lipinski definition) is 6. The molecule has 2 aromatic rings. The third-order valence-electron chi connectivity index (χ3n) is 4.75. The van der Waals surface area contributed by atoms with Crippen LogP contribution in [0.2, 0.25) is 0 Å². The van der Waals surface area contributed by atoms with Crippen molar-refractivity contribution >= 4 is 29.5 Å². The van der Waals surface area contributed by atoms with Crippen molar-refractivity contribution in [3.63, 3.8) is 0 Å². The number of benzene rings is 1. The summed E-state index contributed by atoms with van der Waals surface area (Å²) in [5.74, 6) is 3.81. The van der Waals surface area contributed by atoms with E-state index in [-0.39, 0.29) is 25.1 Å². The van der Waals surface area contributed by atoms with Crippen LogP contribution < -0.4 is 10.1 Å². The van der Waals surface area contributed by atoms with E-state index in [4.69, 9.17) is 21.0 Å². The lowest BCUT2D eigenvalue weighted by atomic mass is 9.99. The van der Waals surface area contributed by atoms with E-state index < -0.39 is 0 Å². The summed E-state index contributed by atoms with van der Waals surface area (Å²) < 4.78 is 5.64. The number of hydrogen-bond donors (Lipinski definition) is 1. The first-order valence-corrected chi connectivity index (χ1v) is 9.77. The molecule has 2 aliphatic heterocycles. The lowest BCUT2D eigenvalue weighted by Gasteiger charge is -2.20. The van der Waals surface area contributed by atoms with Gasteiger partial charge in [-0.25, -0.2) is 4.98 Å². The number of aromatic nitrogens is 1. The fourth-order valence-corrected chi connectivity index (χ4v) is 4.37. The quantitative estimate of drug-likeness (QED) is 0.769. The SMILES string of the molecule is C#CCOc1ccccc1C1CC(c2csc(C3CCNCC3)n2)=NO1.Cl. The fraction of sp³-hybridized carbons (Fsp3) is 0.400. The highest BCUT2D eigenvalue weighted by Crippen LogP contribution is 2.36. The molecule has 0 amide bonds. The van der Waals surface area contributed by atoms with Crippen molar-refractivity contribution in [2.75, 3.05) is 19.7 Å².